The fourth-order valence-electron chi connectivity index (χ4n) is 1.75. The number of rotatable bonds is 3. The zero-order valence-corrected chi connectivity index (χ0v) is 10.4. The number of hydrogen-bond acceptors (Lipinski definition) is 3. The molecule has 1 unspecified atom stereocenters. The molecule has 1 saturated heterocycles. The van der Waals surface area contributed by atoms with Crippen molar-refractivity contribution >= 4 is 23.3 Å². The van der Waals surface area contributed by atoms with Gasteiger partial charge in [0.05, 0.1) is 23.7 Å². The summed E-state index contributed by atoms with van der Waals surface area (Å²) in [5.74, 6) is -4.83. The van der Waals surface area contributed by atoms with Crippen LogP contribution in [0.25, 0.3) is 0 Å². The Kier molecular flexibility index (Phi) is 3.43. The number of nitrogens with one attached hydrogen (secondary N) is 1. The summed E-state index contributed by atoms with van der Waals surface area (Å²) in [4.78, 5) is 10.8. The monoisotopic (exact) mass is 275 g/mol. The molecule has 1 aliphatic rings. The largest absolute Gasteiger partial charge is 0.456 e. The highest BCUT2D eigenvalue weighted by Crippen LogP contribution is 2.31. The molecule has 1 N–H and O–H groups in total. The van der Waals surface area contributed by atoms with E-state index in [9.17, 15) is 13.6 Å². The first-order valence-electron chi connectivity index (χ1n) is 5.47. The average molecular weight is 276 g/mol. The van der Waals surface area contributed by atoms with Crippen molar-refractivity contribution in [1.29, 1.82) is 0 Å². The van der Waals surface area contributed by atoms with Crippen LogP contribution in [0.5, 0.6) is 0 Å². The van der Waals surface area contributed by atoms with Crippen molar-refractivity contribution in [2.45, 2.75) is 25.4 Å². The van der Waals surface area contributed by atoms with Crippen molar-refractivity contribution in [2.75, 3.05) is 11.9 Å². The first kappa shape index (κ1) is 13.1. The van der Waals surface area contributed by atoms with E-state index in [1.165, 1.54) is 0 Å². The molecule has 98 valence electrons. The fourth-order valence-corrected chi connectivity index (χ4v) is 2.05. The van der Waals surface area contributed by atoms with E-state index in [4.69, 9.17) is 11.6 Å². The lowest BCUT2D eigenvalue weighted by Crippen LogP contribution is -2.22. The van der Waals surface area contributed by atoms with Gasteiger partial charge >= 0.3 is 11.9 Å². The van der Waals surface area contributed by atoms with E-state index in [-0.39, 0.29) is 6.54 Å². The third-order valence-electron chi connectivity index (χ3n) is 2.70. The normalized spacial score (nSPS) is 21.8. The number of esters is 1. The van der Waals surface area contributed by atoms with Crippen LogP contribution < -0.4 is 5.32 Å². The lowest BCUT2D eigenvalue weighted by Gasteiger charge is -2.12. The van der Waals surface area contributed by atoms with Crippen LogP contribution in [-0.2, 0) is 9.53 Å². The Bertz CT molecular complexity index is 479. The maximum atomic E-state index is 12.9. The number of anilines is 1. The standard InChI is InChI=1S/C12H12ClF2NO2/c1-7-2-3-10(9(13)4-7)16-6-8-5-12(14,15)11(17)18-8/h2-4,8,16H,5-6H2,1H3. The van der Waals surface area contributed by atoms with Gasteiger partial charge in [0.1, 0.15) is 6.10 Å². The van der Waals surface area contributed by atoms with Crippen LogP contribution in [0.3, 0.4) is 0 Å². The van der Waals surface area contributed by atoms with E-state index in [0.29, 0.717) is 10.7 Å². The Balaban J connectivity index is 1.95. The van der Waals surface area contributed by atoms with Gasteiger partial charge in [0.25, 0.3) is 0 Å². The summed E-state index contributed by atoms with van der Waals surface area (Å²) in [6, 6.07) is 5.37. The van der Waals surface area contributed by atoms with Crippen molar-refractivity contribution in [3.8, 4) is 0 Å². The van der Waals surface area contributed by atoms with Gasteiger partial charge in [-0.05, 0) is 24.6 Å². The van der Waals surface area contributed by atoms with Gasteiger partial charge in [0, 0.05) is 0 Å². The number of ether oxygens (including phenoxy) is 1. The van der Waals surface area contributed by atoms with E-state index in [1.54, 1.807) is 12.1 Å². The summed E-state index contributed by atoms with van der Waals surface area (Å²) >= 11 is 5.98. The van der Waals surface area contributed by atoms with Crippen LogP contribution in [0.2, 0.25) is 5.02 Å². The smallest absolute Gasteiger partial charge is 0.377 e. The number of halogens is 3. The van der Waals surface area contributed by atoms with Gasteiger partial charge in [-0.3, -0.25) is 0 Å². The predicted molar refractivity (Wildman–Crippen MR) is 64.1 cm³/mol. The summed E-state index contributed by atoms with van der Waals surface area (Å²) in [7, 11) is 0. The predicted octanol–water partition coefficient (Wildman–Crippen LogP) is 3.01. The molecule has 1 aromatic carbocycles. The van der Waals surface area contributed by atoms with Gasteiger partial charge in [0.2, 0.25) is 0 Å². The second-order valence-corrected chi connectivity index (χ2v) is 4.71. The Morgan fingerprint density at radius 2 is 2.28 bits per heavy atom. The van der Waals surface area contributed by atoms with Crippen molar-refractivity contribution in [1.82, 2.24) is 0 Å². The van der Waals surface area contributed by atoms with Crippen LogP contribution in [0, 0.1) is 6.92 Å². The average Bonchev–Trinajstić information content (AvgIpc) is 2.51. The highest BCUT2D eigenvalue weighted by molar-refractivity contribution is 6.33. The Morgan fingerprint density at radius 3 is 2.83 bits per heavy atom. The molecule has 18 heavy (non-hydrogen) atoms. The molecule has 0 bridgehead atoms. The van der Waals surface area contributed by atoms with Gasteiger partial charge in [0.15, 0.2) is 0 Å². The molecular formula is C12H12ClF2NO2. The SMILES string of the molecule is Cc1ccc(NCC2CC(F)(F)C(=O)O2)c(Cl)c1. The lowest BCUT2D eigenvalue weighted by atomic mass is 10.2. The minimum Gasteiger partial charge on any atom is -0.456 e. The third kappa shape index (κ3) is 2.72. The number of alkyl halides is 2. The summed E-state index contributed by atoms with van der Waals surface area (Å²) in [5.41, 5.74) is 1.64. The number of aryl methyl sites for hydroxylation is 1. The highest BCUT2D eigenvalue weighted by Gasteiger charge is 2.50. The molecule has 0 aliphatic carbocycles. The number of cyclic esters (lactones) is 1. The molecule has 0 spiro atoms. The highest BCUT2D eigenvalue weighted by atomic mass is 35.5. The minimum atomic E-state index is -3.37. The van der Waals surface area contributed by atoms with Gasteiger partial charge in [-0.25, -0.2) is 4.79 Å². The molecule has 1 fully saturated rings. The van der Waals surface area contributed by atoms with Crippen LogP contribution in [0.15, 0.2) is 18.2 Å². The van der Waals surface area contributed by atoms with Crippen LogP contribution >= 0.6 is 11.6 Å². The van der Waals surface area contributed by atoms with Gasteiger partial charge in [-0.15, -0.1) is 0 Å². The molecular weight excluding hydrogens is 264 g/mol. The van der Waals surface area contributed by atoms with E-state index < -0.39 is 24.4 Å². The van der Waals surface area contributed by atoms with Crippen molar-refractivity contribution in [3.63, 3.8) is 0 Å². The summed E-state index contributed by atoms with van der Waals surface area (Å²) < 4.78 is 30.4. The molecule has 1 heterocycles. The van der Waals surface area contributed by atoms with E-state index in [2.05, 4.69) is 10.1 Å². The van der Waals surface area contributed by atoms with Crippen molar-refractivity contribution in [2.24, 2.45) is 0 Å². The summed E-state index contributed by atoms with van der Waals surface area (Å²) in [5, 5.41) is 3.40. The second kappa shape index (κ2) is 4.72. The molecule has 1 aliphatic heterocycles. The molecule has 2 rings (SSSR count). The minimum absolute atomic E-state index is 0.115. The molecule has 0 saturated carbocycles. The van der Waals surface area contributed by atoms with E-state index in [0.717, 1.165) is 5.56 Å². The molecule has 0 amide bonds. The van der Waals surface area contributed by atoms with Crippen LogP contribution in [0.4, 0.5) is 14.5 Å². The second-order valence-electron chi connectivity index (χ2n) is 4.30. The summed E-state index contributed by atoms with van der Waals surface area (Å²) in [6.45, 7) is 2.01. The Labute approximate surface area is 108 Å². The molecule has 1 aromatic rings. The van der Waals surface area contributed by atoms with Crippen molar-refractivity contribution in [3.05, 3.63) is 28.8 Å². The molecule has 3 nitrogen and oxygen atoms in total. The lowest BCUT2D eigenvalue weighted by molar-refractivity contribution is -0.158. The zero-order valence-electron chi connectivity index (χ0n) is 9.67. The van der Waals surface area contributed by atoms with E-state index in [1.807, 2.05) is 13.0 Å². The topological polar surface area (TPSA) is 38.3 Å². The maximum absolute atomic E-state index is 12.9. The molecule has 1 atom stereocenters. The number of hydrogen-bond donors (Lipinski definition) is 1. The zero-order chi connectivity index (χ0) is 13.3. The van der Waals surface area contributed by atoms with Gasteiger partial charge in [-0.1, -0.05) is 17.7 Å². The number of carbonyl (C=O) groups excluding carboxylic acids is 1. The first-order chi connectivity index (χ1) is 8.38. The Hall–Kier alpha value is -1.36. The first-order valence-corrected chi connectivity index (χ1v) is 5.85. The third-order valence-corrected chi connectivity index (χ3v) is 3.01. The molecule has 6 heteroatoms. The molecule has 0 aromatic heterocycles. The van der Waals surface area contributed by atoms with E-state index >= 15 is 0 Å². The summed E-state index contributed by atoms with van der Waals surface area (Å²) in [6.07, 6.45) is -1.42. The Morgan fingerprint density at radius 1 is 1.56 bits per heavy atom. The van der Waals surface area contributed by atoms with Gasteiger partial charge < -0.3 is 10.1 Å². The number of carbonyl (C=O) groups is 1. The van der Waals surface area contributed by atoms with Crippen LogP contribution in [0.1, 0.15) is 12.0 Å². The quantitative estimate of drug-likeness (QED) is 0.862. The van der Waals surface area contributed by atoms with Gasteiger partial charge in [-0.2, -0.15) is 8.78 Å². The van der Waals surface area contributed by atoms with Crippen molar-refractivity contribution < 1.29 is 18.3 Å². The fraction of sp³-hybridized carbons (Fsp3) is 0.417. The maximum Gasteiger partial charge on any atom is 0.377 e. The number of benzene rings is 1. The van der Waals surface area contributed by atoms with Crippen LogP contribution in [-0.4, -0.2) is 24.5 Å². The molecule has 0 radical (unpaired) electrons.